The molecule has 2 aromatic rings. The molecule has 0 saturated heterocycles. The van der Waals surface area contributed by atoms with Crippen LogP contribution in [0.3, 0.4) is 0 Å². The number of rotatable bonds is 0. The van der Waals surface area contributed by atoms with Gasteiger partial charge in [-0.1, -0.05) is 35.2 Å². The first-order chi connectivity index (χ1) is 4.88. The minimum absolute atomic E-state index is 0. The van der Waals surface area contributed by atoms with Gasteiger partial charge < -0.3 is 4.57 Å². The topological polar surface area (TPSA) is 4.93 Å². The van der Waals surface area contributed by atoms with Gasteiger partial charge in [-0.25, -0.2) is 0 Å². The Morgan fingerprint density at radius 2 is 1.82 bits per heavy atom. The fourth-order valence-electron chi connectivity index (χ4n) is 1.14. The van der Waals surface area contributed by atoms with Crippen LogP contribution in [0.5, 0.6) is 0 Å². The maximum Gasteiger partial charge on any atom is 0 e. The van der Waals surface area contributed by atoms with E-state index in [0.29, 0.717) is 0 Å². The second-order valence-electron chi connectivity index (χ2n) is 2.34. The zero-order valence-corrected chi connectivity index (χ0v) is 9.03. The van der Waals surface area contributed by atoms with E-state index in [2.05, 4.69) is 25.2 Å². The Kier molecular flexibility index (Phi) is 2.74. The summed E-state index contributed by atoms with van der Waals surface area (Å²) in [7, 11) is 3.83. The number of nitrogens with zero attached hydrogens (tertiary/aromatic N) is 1. The van der Waals surface area contributed by atoms with Crippen LogP contribution >= 0.6 is 0 Å². The molecule has 0 aliphatic rings. The Bertz CT molecular complexity index is 351. The van der Waals surface area contributed by atoms with E-state index in [9.17, 15) is 0 Å². The Balaban J connectivity index is 0.000000605. The van der Waals surface area contributed by atoms with Gasteiger partial charge in [0.1, 0.15) is 0 Å². The Morgan fingerprint density at radius 3 is 2.55 bits per heavy atom. The van der Waals surface area contributed by atoms with E-state index in [0.717, 1.165) is 0 Å². The zero-order chi connectivity index (χ0) is 6.97. The van der Waals surface area contributed by atoms with Crippen LogP contribution in [-0.2, 0) is 32.7 Å². The SMILES string of the molecule is [CH2-]n1ccc2ccccc21.[Y]. The number of aromatic nitrogens is 1. The number of para-hydroxylation sites is 1. The van der Waals surface area contributed by atoms with Crippen LogP contribution in [0.1, 0.15) is 0 Å². The van der Waals surface area contributed by atoms with Crippen LogP contribution < -0.4 is 0 Å². The van der Waals surface area contributed by atoms with Gasteiger partial charge in [0.05, 0.1) is 0 Å². The molecular formula is C9H8NY-. The number of hydrogen-bond donors (Lipinski definition) is 0. The van der Waals surface area contributed by atoms with E-state index in [-0.39, 0.29) is 32.7 Å². The fourth-order valence-corrected chi connectivity index (χ4v) is 1.14. The largest absolute Gasteiger partial charge is 0.487 e. The normalized spacial score (nSPS) is 9.45. The minimum Gasteiger partial charge on any atom is -0.487 e. The van der Waals surface area contributed by atoms with E-state index in [1.807, 2.05) is 22.9 Å². The molecule has 1 nitrogen and oxygen atoms in total. The first-order valence-corrected chi connectivity index (χ1v) is 3.25. The van der Waals surface area contributed by atoms with Gasteiger partial charge in [-0.15, -0.1) is 19.3 Å². The molecule has 0 atom stereocenters. The van der Waals surface area contributed by atoms with Crippen molar-refractivity contribution in [3.05, 3.63) is 43.6 Å². The molecule has 11 heavy (non-hydrogen) atoms. The van der Waals surface area contributed by atoms with Crippen LogP contribution in [0.2, 0.25) is 0 Å². The smallest absolute Gasteiger partial charge is 0 e. The van der Waals surface area contributed by atoms with Crippen molar-refractivity contribution < 1.29 is 32.7 Å². The third-order valence-electron chi connectivity index (χ3n) is 1.68. The zero-order valence-electron chi connectivity index (χ0n) is 6.20. The van der Waals surface area contributed by atoms with Gasteiger partial charge in [-0.3, -0.25) is 0 Å². The van der Waals surface area contributed by atoms with Crippen molar-refractivity contribution >= 4 is 10.9 Å². The van der Waals surface area contributed by atoms with Gasteiger partial charge in [-0.05, 0) is 0 Å². The molecule has 0 N–H and O–H groups in total. The predicted molar refractivity (Wildman–Crippen MR) is 42.7 cm³/mol. The average Bonchev–Trinajstić information content (AvgIpc) is 2.34. The van der Waals surface area contributed by atoms with E-state index in [1.54, 1.807) is 0 Å². The van der Waals surface area contributed by atoms with Crippen molar-refractivity contribution in [3.63, 3.8) is 0 Å². The van der Waals surface area contributed by atoms with Crippen molar-refractivity contribution in [2.45, 2.75) is 0 Å². The van der Waals surface area contributed by atoms with Crippen molar-refractivity contribution in [1.29, 1.82) is 0 Å². The second kappa shape index (κ2) is 3.42. The molecule has 0 bridgehead atoms. The van der Waals surface area contributed by atoms with Gasteiger partial charge in [-0.2, -0.15) is 0 Å². The number of benzene rings is 1. The molecule has 0 fully saturated rings. The third-order valence-corrected chi connectivity index (χ3v) is 1.68. The molecule has 2 heteroatoms. The van der Waals surface area contributed by atoms with Crippen LogP contribution in [0.4, 0.5) is 0 Å². The van der Waals surface area contributed by atoms with Crippen LogP contribution in [0.25, 0.3) is 10.9 Å². The Hall–Kier alpha value is -0.266. The second-order valence-corrected chi connectivity index (χ2v) is 2.34. The van der Waals surface area contributed by atoms with Crippen molar-refractivity contribution in [1.82, 2.24) is 4.57 Å². The van der Waals surface area contributed by atoms with Crippen molar-refractivity contribution in [3.8, 4) is 0 Å². The van der Waals surface area contributed by atoms with Gasteiger partial charge in [0.25, 0.3) is 0 Å². The van der Waals surface area contributed by atoms with Gasteiger partial charge in [0.2, 0.25) is 0 Å². The molecule has 1 heterocycles. The molecule has 0 saturated carbocycles. The molecule has 1 radical (unpaired) electrons. The summed E-state index contributed by atoms with van der Waals surface area (Å²) in [6, 6.07) is 10.2. The fraction of sp³-hybridized carbons (Fsp3) is 0. The van der Waals surface area contributed by atoms with Crippen LogP contribution in [0.15, 0.2) is 36.5 Å². The van der Waals surface area contributed by atoms with Gasteiger partial charge >= 0.3 is 0 Å². The molecule has 0 spiro atoms. The molecule has 1 aromatic heterocycles. The molecule has 0 unspecified atom stereocenters. The maximum absolute atomic E-state index is 3.83. The Labute approximate surface area is 91.3 Å². The van der Waals surface area contributed by atoms with Crippen molar-refractivity contribution in [2.24, 2.45) is 0 Å². The first-order valence-electron chi connectivity index (χ1n) is 3.25. The van der Waals surface area contributed by atoms with Gasteiger partial charge in [0.15, 0.2) is 0 Å². The van der Waals surface area contributed by atoms with E-state index in [1.165, 1.54) is 10.9 Å². The van der Waals surface area contributed by atoms with E-state index >= 15 is 0 Å². The third kappa shape index (κ3) is 1.50. The molecule has 2 rings (SSSR count). The predicted octanol–water partition coefficient (Wildman–Crippen LogP) is 2.28. The van der Waals surface area contributed by atoms with Gasteiger partial charge in [0, 0.05) is 32.7 Å². The van der Waals surface area contributed by atoms with Crippen molar-refractivity contribution in [2.75, 3.05) is 0 Å². The summed E-state index contributed by atoms with van der Waals surface area (Å²) >= 11 is 0. The number of fused-ring (bicyclic) bond motifs is 1. The van der Waals surface area contributed by atoms with Crippen LogP contribution in [0, 0.1) is 7.05 Å². The molecule has 53 valence electrons. The summed E-state index contributed by atoms with van der Waals surface area (Å²) in [5.41, 5.74) is 1.18. The molecule has 0 amide bonds. The summed E-state index contributed by atoms with van der Waals surface area (Å²) in [4.78, 5) is 0. The Morgan fingerprint density at radius 1 is 1.09 bits per heavy atom. The minimum atomic E-state index is 0. The van der Waals surface area contributed by atoms with E-state index in [4.69, 9.17) is 0 Å². The molecule has 0 aliphatic heterocycles. The standard InChI is InChI=1S/C9H8N.Y/c1-10-7-6-8-4-2-3-5-9(8)10;/h2-7H,1H2;/q-1;. The summed E-state index contributed by atoms with van der Waals surface area (Å²) in [6.07, 6.45) is 1.96. The maximum atomic E-state index is 3.83. The summed E-state index contributed by atoms with van der Waals surface area (Å²) in [6.45, 7) is 0. The van der Waals surface area contributed by atoms with E-state index < -0.39 is 0 Å². The summed E-state index contributed by atoms with van der Waals surface area (Å²) in [5, 5.41) is 1.25. The number of hydrogen-bond acceptors (Lipinski definition) is 0. The first kappa shape index (κ1) is 8.83. The molecule has 1 aromatic carbocycles. The monoisotopic (exact) mass is 219 g/mol. The average molecular weight is 219 g/mol. The molecular weight excluding hydrogens is 211 g/mol. The molecule has 0 aliphatic carbocycles. The quantitative estimate of drug-likeness (QED) is 0.599. The summed E-state index contributed by atoms with van der Waals surface area (Å²) in [5.74, 6) is 0. The summed E-state index contributed by atoms with van der Waals surface area (Å²) < 4.78 is 1.87. The van der Waals surface area contributed by atoms with Crippen LogP contribution in [-0.4, -0.2) is 4.57 Å².